The first-order valence-corrected chi connectivity index (χ1v) is 6.90. The van der Waals surface area contributed by atoms with E-state index in [1.807, 2.05) is 0 Å². The Hall–Kier alpha value is -1.47. The molecule has 0 unspecified atom stereocenters. The van der Waals surface area contributed by atoms with E-state index in [2.05, 4.69) is 0 Å². The van der Waals surface area contributed by atoms with Crippen LogP contribution in [0.15, 0.2) is 12.1 Å². The predicted octanol–water partition coefficient (Wildman–Crippen LogP) is 5.81. The van der Waals surface area contributed by atoms with Gasteiger partial charge in [-0.25, -0.2) is 4.39 Å². The lowest BCUT2D eigenvalue weighted by Crippen LogP contribution is -2.51. The normalized spacial score (nSPS) is 14.0. The van der Waals surface area contributed by atoms with E-state index in [0.29, 0.717) is 6.07 Å². The first-order chi connectivity index (χ1) is 10.1. The molecule has 1 aromatic carbocycles. The maximum absolute atomic E-state index is 14.4. The molecule has 0 aliphatic carbocycles. The third kappa shape index (κ3) is 3.26. The lowest BCUT2D eigenvalue weighted by Gasteiger charge is -2.32. The molecule has 0 aromatic heterocycles. The Kier molecular flexibility index (Phi) is 4.99. The number of hydrogen-bond donors (Lipinski definition) is 1. The Bertz CT molecular complexity index is 556. The van der Waals surface area contributed by atoms with Gasteiger partial charge >= 0.3 is 18.0 Å². The Morgan fingerprint density at radius 1 is 0.783 bits per heavy atom. The monoisotopic (exact) mass is 345 g/mol. The summed E-state index contributed by atoms with van der Waals surface area (Å²) in [6.07, 6.45) is -12.4. The van der Waals surface area contributed by atoms with Crippen molar-refractivity contribution in [2.75, 3.05) is 5.73 Å². The molecule has 23 heavy (non-hydrogen) atoms. The van der Waals surface area contributed by atoms with Crippen molar-refractivity contribution in [3.05, 3.63) is 28.8 Å². The molecule has 1 rings (SSSR count). The lowest BCUT2D eigenvalue weighted by molar-refractivity contribution is -0.348. The number of nitrogens with two attached hydrogens (primary N) is 1. The van der Waals surface area contributed by atoms with Gasteiger partial charge in [-0.3, -0.25) is 0 Å². The fourth-order valence-electron chi connectivity index (χ4n) is 2.26. The minimum atomic E-state index is -6.18. The summed E-state index contributed by atoms with van der Waals surface area (Å²) in [7, 11) is 0. The second kappa shape index (κ2) is 5.87. The van der Waals surface area contributed by atoms with Crippen LogP contribution in [0.25, 0.3) is 0 Å². The van der Waals surface area contributed by atoms with E-state index in [-0.39, 0.29) is 11.1 Å². The topological polar surface area (TPSA) is 26.0 Å². The molecule has 0 saturated heterocycles. The molecule has 0 amide bonds. The fraction of sp³-hybridized carbons (Fsp3) is 0.600. The first-order valence-electron chi connectivity index (χ1n) is 6.90. The minimum absolute atomic E-state index is 0.0572. The first kappa shape index (κ1) is 19.6. The molecule has 2 N–H and O–H groups in total. The summed E-state index contributed by atoms with van der Waals surface area (Å²) in [6, 6.07) is 1.98. The van der Waals surface area contributed by atoms with E-state index in [1.165, 1.54) is 6.07 Å². The summed E-state index contributed by atoms with van der Waals surface area (Å²) >= 11 is 0. The molecule has 0 atom stereocenters. The van der Waals surface area contributed by atoms with Gasteiger partial charge < -0.3 is 5.73 Å². The van der Waals surface area contributed by atoms with Crippen LogP contribution in [0.2, 0.25) is 0 Å². The Balaban J connectivity index is 3.87. The van der Waals surface area contributed by atoms with E-state index in [1.54, 1.807) is 27.7 Å². The number of halogens is 7. The van der Waals surface area contributed by atoms with Crippen molar-refractivity contribution in [1.82, 2.24) is 0 Å². The number of alkyl halides is 7. The van der Waals surface area contributed by atoms with Crippen LogP contribution >= 0.6 is 0 Å². The maximum atomic E-state index is 14.4. The van der Waals surface area contributed by atoms with Crippen molar-refractivity contribution >= 4 is 5.69 Å². The molecular weight excluding hydrogens is 327 g/mol. The quantitative estimate of drug-likeness (QED) is 0.543. The summed E-state index contributed by atoms with van der Waals surface area (Å²) in [6.45, 7) is 6.28. The van der Waals surface area contributed by atoms with E-state index in [9.17, 15) is 30.7 Å². The van der Waals surface area contributed by atoms with Crippen LogP contribution in [0.3, 0.4) is 0 Å². The van der Waals surface area contributed by atoms with Crippen molar-refractivity contribution in [2.45, 2.75) is 57.6 Å². The van der Waals surface area contributed by atoms with Crippen LogP contribution in [0.5, 0.6) is 0 Å². The highest BCUT2D eigenvalue weighted by molar-refractivity contribution is 5.60. The second-order valence-corrected chi connectivity index (χ2v) is 6.03. The smallest absolute Gasteiger partial charge is 0.398 e. The number of anilines is 1. The van der Waals surface area contributed by atoms with Crippen molar-refractivity contribution in [3.63, 3.8) is 0 Å². The van der Waals surface area contributed by atoms with Gasteiger partial charge in [0.25, 0.3) is 0 Å². The van der Waals surface area contributed by atoms with Gasteiger partial charge in [-0.2, -0.15) is 26.3 Å². The van der Waals surface area contributed by atoms with Gasteiger partial charge in [0.2, 0.25) is 0 Å². The number of nitrogen functional groups attached to an aromatic ring is 1. The summed E-state index contributed by atoms with van der Waals surface area (Å²) < 4.78 is 92.2. The molecule has 0 radical (unpaired) electrons. The predicted molar refractivity (Wildman–Crippen MR) is 73.9 cm³/mol. The SMILES string of the molecule is CC(C)c1cc(C(C)C)c(N)c(C(F)(C(F)(F)F)C(F)(F)F)c1. The number of rotatable bonds is 3. The third-order valence-corrected chi connectivity index (χ3v) is 3.68. The van der Waals surface area contributed by atoms with Crippen LogP contribution in [-0.4, -0.2) is 12.4 Å². The highest BCUT2D eigenvalue weighted by atomic mass is 19.4. The fourth-order valence-corrected chi connectivity index (χ4v) is 2.26. The molecule has 0 spiro atoms. The summed E-state index contributed by atoms with van der Waals surface area (Å²) in [4.78, 5) is 0. The summed E-state index contributed by atoms with van der Waals surface area (Å²) in [5.41, 5.74) is -2.21. The zero-order valence-corrected chi connectivity index (χ0v) is 13.0. The van der Waals surface area contributed by atoms with Gasteiger partial charge in [0, 0.05) is 11.3 Å². The highest BCUT2D eigenvalue weighted by Gasteiger charge is 2.74. The Morgan fingerprint density at radius 3 is 1.52 bits per heavy atom. The van der Waals surface area contributed by atoms with E-state index in [0.717, 1.165) is 0 Å². The standard InChI is InChI=1S/C15H18F7N/c1-7(2)9-5-10(8(3)4)12(23)11(6-9)13(16,14(17,18)19)15(20,21)22/h5-8H,23H2,1-4H3. The zero-order valence-electron chi connectivity index (χ0n) is 13.0. The largest absolute Gasteiger partial charge is 0.436 e. The van der Waals surface area contributed by atoms with Crippen LogP contribution < -0.4 is 5.73 Å². The van der Waals surface area contributed by atoms with Gasteiger partial charge in [-0.1, -0.05) is 33.8 Å². The number of benzene rings is 1. The molecule has 0 saturated carbocycles. The van der Waals surface area contributed by atoms with Gasteiger partial charge in [-0.15, -0.1) is 0 Å². The highest BCUT2D eigenvalue weighted by Crippen LogP contribution is 2.55. The summed E-state index contributed by atoms with van der Waals surface area (Å²) in [5, 5.41) is 0. The molecular formula is C15H18F7N. The molecule has 0 aliphatic heterocycles. The van der Waals surface area contributed by atoms with Crippen LogP contribution in [0.1, 0.15) is 56.2 Å². The Morgan fingerprint density at radius 2 is 1.22 bits per heavy atom. The average molecular weight is 345 g/mol. The summed E-state index contributed by atoms with van der Waals surface area (Å²) in [5.74, 6) is -0.851. The average Bonchev–Trinajstić information content (AvgIpc) is 2.34. The van der Waals surface area contributed by atoms with Crippen molar-refractivity contribution in [3.8, 4) is 0 Å². The second-order valence-electron chi connectivity index (χ2n) is 6.03. The van der Waals surface area contributed by atoms with Crippen LogP contribution in [0.4, 0.5) is 36.4 Å². The molecule has 0 heterocycles. The molecule has 0 fully saturated rings. The maximum Gasteiger partial charge on any atom is 0.436 e. The van der Waals surface area contributed by atoms with Gasteiger partial charge in [-0.05, 0) is 29.0 Å². The molecule has 1 aromatic rings. The molecule has 1 nitrogen and oxygen atoms in total. The number of hydrogen-bond acceptors (Lipinski definition) is 1. The van der Waals surface area contributed by atoms with Crippen molar-refractivity contribution in [1.29, 1.82) is 0 Å². The van der Waals surface area contributed by atoms with E-state index >= 15 is 0 Å². The zero-order chi connectivity index (χ0) is 18.4. The molecule has 0 bridgehead atoms. The van der Waals surface area contributed by atoms with Crippen molar-refractivity contribution in [2.24, 2.45) is 0 Å². The van der Waals surface area contributed by atoms with Gasteiger partial charge in [0.15, 0.2) is 0 Å². The minimum Gasteiger partial charge on any atom is -0.398 e. The van der Waals surface area contributed by atoms with Crippen LogP contribution in [0, 0.1) is 0 Å². The lowest BCUT2D eigenvalue weighted by atomic mass is 9.84. The van der Waals surface area contributed by atoms with Crippen LogP contribution in [-0.2, 0) is 5.67 Å². The molecule has 132 valence electrons. The Labute approximate surface area is 129 Å². The molecule has 8 heteroatoms. The van der Waals surface area contributed by atoms with E-state index < -0.39 is 41.1 Å². The van der Waals surface area contributed by atoms with Crippen molar-refractivity contribution < 1.29 is 30.7 Å². The van der Waals surface area contributed by atoms with Gasteiger partial charge in [0.05, 0.1) is 0 Å². The van der Waals surface area contributed by atoms with E-state index in [4.69, 9.17) is 5.73 Å². The van der Waals surface area contributed by atoms with Gasteiger partial charge in [0.1, 0.15) is 0 Å². The molecule has 0 aliphatic rings. The third-order valence-electron chi connectivity index (χ3n) is 3.68.